The highest BCUT2D eigenvalue weighted by Gasteiger charge is 2.21. The highest BCUT2D eigenvalue weighted by atomic mass is 32.1. The van der Waals surface area contributed by atoms with Crippen LogP contribution in [0.25, 0.3) is 0 Å². The Balaban J connectivity index is 2.80. The second kappa shape index (κ2) is 3.81. The van der Waals surface area contributed by atoms with Gasteiger partial charge in [0.25, 0.3) is 5.91 Å². The summed E-state index contributed by atoms with van der Waals surface area (Å²) >= 11 is 1.39. The summed E-state index contributed by atoms with van der Waals surface area (Å²) in [5.74, 6) is -0.177. The number of hydrogen-bond donors (Lipinski definition) is 1. The van der Waals surface area contributed by atoms with E-state index >= 15 is 0 Å². The Morgan fingerprint density at radius 2 is 2.29 bits per heavy atom. The topological polar surface area (TPSA) is 52.9 Å². The largest absolute Gasteiger partial charge is 0.334 e. The van der Waals surface area contributed by atoms with Crippen molar-refractivity contribution in [2.45, 2.75) is 26.3 Å². The maximum absolute atomic E-state index is 11.6. The molecule has 1 amide bonds. The van der Waals surface area contributed by atoms with Gasteiger partial charge in [-0.3, -0.25) is 4.79 Å². The molecule has 0 aromatic carbocycles. The lowest BCUT2D eigenvalue weighted by atomic mass is 10.1. The normalized spacial score (nSPS) is 10.7. The number of carbonyl (C=O) groups excluding carboxylic acids is 1. The summed E-state index contributed by atoms with van der Waals surface area (Å²) in [6.07, 6.45) is 0. The summed E-state index contributed by atoms with van der Waals surface area (Å²) in [6.45, 7) is 5.23. The third-order valence-electron chi connectivity index (χ3n) is 1.77. The van der Waals surface area contributed by atoms with E-state index in [1.54, 1.807) is 13.8 Å². The molecular formula is C10H12N2OS. The van der Waals surface area contributed by atoms with Gasteiger partial charge in [-0.25, -0.2) is 0 Å². The van der Waals surface area contributed by atoms with Crippen molar-refractivity contribution in [1.29, 1.82) is 5.26 Å². The number of nitrogens with one attached hydrogen (secondary N) is 1. The van der Waals surface area contributed by atoms with Crippen LogP contribution in [0.2, 0.25) is 0 Å². The van der Waals surface area contributed by atoms with Crippen LogP contribution in [0.4, 0.5) is 0 Å². The molecule has 1 aromatic heterocycles. The summed E-state index contributed by atoms with van der Waals surface area (Å²) in [5.41, 5.74) is 0.134. The minimum Gasteiger partial charge on any atom is -0.334 e. The van der Waals surface area contributed by atoms with Crippen molar-refractivity contribution in [3.8, 4) is 6.07 Å². The van der Waals surface area contributed by atoms with E-state index < -0.39 is 5.54 Å². The first-order valence-electron chi connectivity index (χ1n) is 4.24. The molecule has 0 radical (unpaired) electrons. The number of amides is 1. The number of nitriles is 1. The van der Waals surface area contributed by atoms with Crippen molar-refractivity contribution in [3.05, 3.63) is 21.9 Å². The molecule has 1 aromatic rings. The summed E-state index contributed by atoms with van der Waals surface area (Å²) in [6, 6.07) is 3.91. The van der Waals surface area contributed by atoms with Crippen LogP contribution in [-0.4, -0.2) is 11.4 Å². The molecule has 1 rings (SSSR count). The summed E-state index contributed by atoms with van der Waals surface area (Å²) in [7, 11) is 0. The first-order chi connectivity index (χ1) is 6.46. The van der Waals surface area contributed by atoms with Gasteiger partial charge in [0.15, 0.2) is 0 Å². The fraction of sp³-hybridized carbons (Fsp3) is 0.400. The van der Waals surface area contributed by atoms with Gasteiger partial charge in [0.1, 0.15) is 5.54 Å². The van der Waals surface area contributed by atoms with E-state index in [4.69, 9.17) is 5.26 Å². The van der Waals surface area contributed by atoms with Crippen LogP contribution in [0.15, 0.2) is 11.4 Å². The zero-order valence-corrected chi connectivity index (χ0v) is 9.23. The van der Waals surface area contributed by atoms with Crippen LogP contribution in [0.1, 0.15) is 29.1 Å². The van der Waals surface area contributed by atoms with Crippen molar-refractivity contribution in [2.24, 2.45) is 0 Å². The molecule has 0 spiro atoms. The van der Waals surface area contributed by atoms with Crippen molar-refractivity contribution < 1.29 is 4.79 Å². The van der Waals surface area contributed by atoms with Crippen molar-refractivity contribution in [3.63, 3.8) is 0 Å². The molecule has 0 aliphatic carbocycles. The van der Waals surface area contributed by atoms with Gasteiger partial charge in [-0.05, 0) is 37.8 Å². The molecule has 0 saturated heterocycles. The maximum atomic E-state index is 11.6. The first-order valence-corrected chi connectivity index (χ1v) is 5.12. The van der Waals surface area contributed by atoms with E-state index in [9.17, 15) is 4.79 Å². The quantitative estimate of drug-likeness (QED) is 0.809. The predicted octanol–water partition coefficient (Wildman–Crippen LogP) is 2.09. The van der Waals surface area contributed by atoms with Gasteiger partial charge in [-0.15, -0.1) is 11.3 Å². The highest BCUT2D eigenvalue weighted by Crippen LogP contribution is 2.16. The molecule has 0 bridgehead atoms. The molecule has 0 fully saturated rings. The number of aryl methyl sites for hydroxylation is 1. The smallest absolute Gasteiger partial charge is 0.262 e. The van der Waals surface area contributed by atoms with Crippen LogP contribution in [-0.2, 0) is 0 Å². The van der Waals surface area contributed by atoms with Gasteiger partial charge in [-0.1, -0.05) is 0 Å². The number of hydrogen-bond acceptors (Lipinski definition) is 3. The molecule has 1 N–H and O–H groups in total. The van der Waals surface area contributed by atoms with Gasteiger partial charge in [0, 0.05) is 0 Å². The third-order valence-corrected chi connectivity index (χ3v) is 2.79. The van der Waals surface area contributed by atoms with E-state index in [0.29, 0.717) is 4.88 Å². The van der Waals surface area contributed by atoms with Gasteiger partial charge in [0.05, 0.1) is 10.9 Å². The van der Waals surface area contributed by atoms with Crippen LogP contribution in [0, 0.1) is 18.3 Å². The molecule has 14 heavy (non-hydrogen) atoms. The molecular weight excluding hydrogens is 196 g/mol. The van der Waals surface area contributed by atoms with Gasteiger partial charge >= 0.3 is 0 Å². The lowest BCUT2D eigenvalue weighted by Crippen LogP contribution is -2.41. The SMILES string of the molecule is Cc1ccsc1C(=O)NC(C)(C)C#N. The number of rotatable bonds is 2. The van der Waals surface area contributed by atoms with E-state index in [1.807, 2.05) is 24.4 Å². The molecule has 0 unspecified atom stereocenters. The third kappa shape index (κ3) is 2.33. The highest BCUT2D eigenvalue weighted by molar-refractivity contribution is 7.12. The molecule has 0 aliphatic heterocycles. The van der Waals surface area contributed by atoms with Crippen LogP contribution < -0.4 is 5.32 Å². The predicted molar refractivity (Wildman–Crippen MR) is 56.2 cm³/mol. The zero-order valence-electron chi connectivity index (χ0n) is 8.42. The van der Waals surface area contributed by atoms with Crippen LogP contribution in [0.5, 0.6) is 0 Å². The Kier molecular flexibility index (Phi) is 2.92. The molecule has 3 nitrogen and oxygen atoms in total. The molecule has 0 saturated carbocycles. The lowest BCUT2D eigenvalue weighted by Gasteiger charge is -2.16. The first kappa shape index (κ1) is 10.7. The zero-order chi connectivity index (χ0) is 10.8. The molecule has 4 heteroatoms. The van der Waals surface area contributed by atoms with Crippen molar-refractivity contribution in [2.75, 3.05) is 0 Å². The maximum Gasteiger partial charge on any atom is 0.262 e. The standard InChI is InChI=1S/C10H12N2OS/c1-7-4-5-14-8(7)9(13)12-10(2,3)6-11/h4-5H,1-3H3,(H,12,13). The summed E-state index contributed by atoms with van der Waals surface area (Å²) in [5, 5.41) is 13.3. The molecule has 0 atom stereocenters. The Bertz CT molecular complexity index is 387. The number of carbonyl (C=O) groups is 1. The second-order valence-electron chi connectivity index (χ2n) is 3.62. The van der Waals surface area contributed by atoms with Gasteiger partial charge in [0.2, 0.25) is 0 Å². The average Bonchev–Trinajstić information content (AvgIpc) is 2.51. The second-order valence-corrected chi connectivity index (χ2v) is 4.54. The van der Waals surface area contributed by atoms with Gasteiger partial charge < -0.3 is 5.32 Å². The number of nitrogens with zero attached hydrogens (tertiary/aromatic N) is 1. The molecule has 1 heterocycles. The minimum atomic E-state index is -0.812. The summed E-state index contributed by atoms with van der Waals surface area (Å²) < 4.78 is 0. The van der Waals surface area contributed by atoms with E-state index in [1.165, 1.54) is 11.3 Å². The van der Waals surface area contributed by atoms with Crippen molar-refractivity contribution in [1.82, 2.24) is 5.32 Å². The van der Waals surface area contributed by atoms with E-state index in [2.05, 4.69) is 5.32 Å². The Morgan fingerprint density at radius 1 is 1.64 bits per heavy atom. The van der Waals surface area contributed by atoms with Crippen molar-refractivity contribution >= 4 is 17.2 Å². The minimum absolute atomic E-state index is 0.177. The van der Waals surface area contributed by atoms with Crippen LogP contribution >= 0.6 is 11.3 Å². The average molecular weight is 208 g/mol. The lowest BCUT2D eigenvalue weighted by molar-refractivity contribution is 0.0933. The monoisotopic (exact) mass is 208 g/mol. The summed E-state index contributed by atoms with van der Waals surface area (Å²) in [4.78, 5) is 12.3. The Labute approximate surface area is 87.4 Å². The van der Waals surface area contributed by atoms with E-state index in [0.717, 1.165) is 5.56 Å². The van der Waals surface area contributed by atoms with E-state index in [-0.39, 0.29) is 5.91 Å². The Morgan fingerprint density at radius 3 is 2.71 bits per heavy atom. The Hall–Kier alpha value is -1.34. The molecule has 74 valence electrons. The number of thiophene rings is 1. The van der Waals surface area contributed by atoms with Gasteiger partial charge in [-0.2, -0.15) is 5.26 Å². The fourth-order valence-electron chi connectivity index (χ4n) is 0.974. The fourth-order valence-corrected chi connectivity index (χ4v) is 1.79. The van der Waals surface area contributed by atoms with Crippen LogP contribution in [0.3, 0.4) is 0 Å². The molecule has 0 aliphatic rings.